The van der Waals surface area contributed by atoms with Crippen LogP contribution >= 0.6 is 0 Å². The maximum Gasteiger partial charge on any atom is 0.315 e. The van der Waals surface area contributed by atoms with Crippen LogP contribution in [-0.2, 0) is 17.8 Å². The van der Waals surface area contributed by atoms with Gasteiger partial charge in [0.25, 0.3) is 0 Å². The normalized spacial score (nSPS) is 13.1. The number of hydrogen-bond acceptors (Lipinski definition) is 2. The van der Waals surface area contributed by atoms with E-state index >= 15 is 0 Å². The summed E-state index contributed by atoms with van der Waals surface area (Å²) in [5.41, 5.74) is 3.16. The summed E-state index contributed by atoms with van der Waals surface area (Å²) in [6.07, 6.45) is 1.94. The molecule has 0 spiro atoms. The van der Waals surface area contributed by atoms with Gasteiger partial charge in [-0.05, 0) is 30.0 Å². The second-order valence-corrected chi connectivity index (χ2v) is 5.80. The highest BCUT2D eigenvalue weighted by atomic mass is 16.2. The Morgan fingerprint density at radius 3 is 2.54 bits per heavy atom. The van der Waals surface area contributed by atoms with E-state index in [-0.39, 0.29) is 18.5 Å². The van der Waals surface area contributed by atoms with Crippen LogP contribution in [0.2, 0.25) is 0 Å². The molecule has 124 valence electrons. The van der Waals surface area contributed by atoms with Gasteiger partial charge in [-0.15, -0.1) is 0 Å². The molecule has 0 bridgehead atoms. The van der Waals surface area contributed by atoms with Gasteiger partial charge in [0.1, 0.15) is 0 Å². The minimum Gasteiger partial charge on any atom is -0.334 e. The van der Waals surface area contributed by atoms with Gasteiger partial charge in [0.2, 0.25) is 5.91 Å². The maximum atomic E-state index is 12.4. The highest BCUT2D eigenvalue weighted by Crippen LogP contribution is 2.26. The van der Waals surface area contributed by atoms with E-state index in [2.05, 4.69) is 16.7 Å². The highest BCUT2D eigenvalue weighted by molar-refractivity contribution is 5.97. The third-order valence-electron chi connectivity index (χ3n) is 4.11. The van der Waals surface area contributed by atoms with Gasteiger partial charge >= 0.3 is 6.03 Å². The number of carbonyl (C=O) groups is 2. The average molecular weight is 323 g/mol. The van der Waals surface area contributed by atoms with Gasteiger partial charge in [0.15, 0.2) is 0 Å². The monoisotopic (exact) mass is 323 g/mol. The Hall–Kier alpha value is -2.82. The van der Waals surface area contributed by atoms with E-state index in [9.17, 15) is 9.59 Å². The van der Waals surface area contributed by atoms with Crippen molar-refractivity contribution >= 4 is 17.6 Å². The molecular weight excluding hydrogens is 302 g/mol. The molecular formula is C19H21N3O2. The summed E-state index contributed by atoms with van der Waals surface area (Å²) in [5, 5.41) is 5.40. The quantitative estimate of drug-likeness (QED) is 0.908. The van der Waals surface area contributed by atoms with E-state index < -0.39 is 0 Å². The predicted octanol–water partition coefficient (Wildman–Crippen LogP) is 2.47. The Labute approximate surface area is 141 Å². The second-order valence-electron chi connectivity index (χ2n) is 5.80. The topological polar surface area (TPSA) is 61.4 Å². The van der Waals surface area contributed by atoms with Crippen molar-refractivity contribution in [1.29, 1.82) is 0 Å². The summed E-state index contributed by atoms with van der Waals surface area (Å²) in [6, 6.07) is 17.3. The van der Waals surface area contributed by atoms with Crippen molar-refractivity contribution in [1.82, 2.24) is 10.6 Å². The van der Waals surface area contributed by atoms with E-state index in [0.29, 0.717) is 13.1 Å². The lowest BCUT2D eigenvalue weighted by Crippen LogP contribution is -2.45. The first-order valence-corrected chi connectivity index (χ1v) is 8.18. The van der Waals surface area contributed by atoms with Crippen LogP contribution in [-0.4, -0.2) is 25.0 Å². The highest BCUT2D eigenvalue weighted by Gasteiger charge is 2.22. The van der Waals surface area contributed by atoms with Gasteiger partial charge in [0.05, 0.1) is 6.54 Å². The fourth-order valence-corrected chi connectivity index (χ4v) is 2.88. The number of aryl methyl sites for hydroxylation is 1. The van der Waals surface area contributed by atoms with Crippen molar-refractivity contribution in [2.24, 2.45) is 0 Å². The van der Waals surface area contributed by atoms with Crippen LogP contribution in [0.5, 0.6) is 0 Å². The first-order chi connectivity index (χ1) is 11.7. The zero-order valence-corrected chi connectivity index (χ0v) is 13.5. The van der Waals surface area contributed by atoms with Gasteiger partial charge in [-0.25, -0.2) is 4.79 Å². The smallest absolute Gasteiger partial charge is 0.315 e. The molecule has 1 aliphatic heterocycles. The Bertz CT molecular complexity index is 716. The van der Waals surface area contributed by atoms with Crippen LogP contribution in [0.15, 0.2) is 54.6 Å². The number of anilines is 1. The summed E-state index contributed by atoms with van der Waals surface area (Å²) >= 11 is 0. The molecule has 0 unspecified atom stereocenters. The Morgan fingerprint density at radius 1 is 0.958 bits per heavy atom. The van der Waals surface area contributed by atoms with Crippen LogP contribution in [0, 0.1) is 0 Å². The van der Waals surface area contributed by atoms with Crippen LogP contribution in [0.3, 0.4) is 0 Å². The lowest BCUT2D eigenvalue weighted by Gasteiger charge is -2.29. The molecule has 24 heavy (non-hydrogen) atoms. The Morgan fingerprint density at radius 2 is 1.71 bits per heavy atom. The van der Waals surface area contributed by atoms with E-state index in [1.807, 2.05) is 48.5 Å². The summed E-state index contributed by atoms with van der Waals surface area (Å²) in [7, 11) is 0. The van der Waals surface area contributed by atoms with Crippen LogP contribution in [0.1, 0.15) is 17.5 Å². The molecule has 1 heterocycles. The SMILES string of the molecule is O=C(NCC(=O)N1CCCc2ccccc21)NCc1ccccc1. The lowest BCUT2D eigenvalue weighted by atomic mass is 10.0. The number of nitrogens with one attached hydrogen (secondary N) is 2. The van der Waals surface area contributed by atoms with E-state index in [1.54, 1.807) is 4.90 Å². The third kappa shape index (κ3) is 3.93. The van der Waals surface area contributed by atoms with E-state index in [1.165, 1.54) is 5.56 Å². The number of fused-ring (bicyclic) bond motifs is 1. The molecule has 3 amide bonds. The van der Waals surface area contributed by atoms with Crippen molar-refractivity contribution < 1.29 is 9.59 Å². The van der Waals surface area contributed by atoms with Gasteiger partial charge in [-0.3, -0.25) is 4.79 Å². The molecule has 0 saturated carbocycles. The molecule has 5 heteroatoms. The van der Waals surface area contributed by atoms with Crippen molar-refractivity contribution in [3.63, 3.8) is 0 Å². The maximum absolute atomic E-state index is 12.4. The summed E-state index contributed by atoms with van der Waals surface area (Å²) in [6.45, 7) is 1.13. The van der Waals surface area contributed by atoms with Crippen molar-refractivity contribution in [2.75, 3.05) is 18.0 Å². The zero-order chi connectivity index (χ0) is 16.8. The molecule has 0 saturated heterocycles. The van der Waals surface area contributed by atoms with Gasteiger partial charge in [-0.2, -0.15) is 0 Å². The third-order valence-corrected chi connectivity index (χ3v) is 4.11. The number of hydrogen-bond donors (Lipinski definition) is 2. The molecule has 0 radical (unpaired) electrons. The fourth-order valence-electron chi connectivity index (χ4n) is 2.88. The van der Waals surface area contributed by atoms with Crippen molar-refractivity contribution in [2.45, 2.75) is 19.4 Å². The summed E-state index contributed by atoms with van der Waals surface area (Å²) in [5.74, 6) is -0.0861. The number of carbonyl (C=O) groups excluding carboxylic acids is 2. The van der Waals surface area contributed by atoms with Gasteiger partial charge in [0, 0.05) is 18.8 Å². The van der Waals surface area contributed by atoms with E-state index in [0.717, 1.165) is 24.1 Å². The summed E-state index contributed by atoms with van der Waals surface area (Å²) in [4.78, 5) is 26.0. The minimum absolute atomic E-state index is 0.00500. The number of nitrogens with zero attached hydrogens (tertiary/aromatic N) is 1. The number of urea groups is 1. The molecule has 1 aliphatic rings. The van der Waals surface area contributed by atoms with Crippen LogP contribution < -0.4 is 15.5 Å². The largest absolute Gasteiger partial charge is 0.334 e. The number of amides is 3. The molecule has 0 atom stereocenters. The number of para-hydroxylation sites is 1. The molecule has 3 rings (SSSR count). The van der Waals surface area contributed by atoms with Crippen molar-refractivity contribution in [3.05, 3.63) is 65.7 Å². The molecule has 5 nitrogen and oxygen atoms in total. The fraction of sp³-hybridized carbons (Fsp3) is 0.263. The number of benzene rings is 2. The van der Waals surface area contributed by atoms with Crippen LogP contribution in [0.25, 0.3) is 0 Å². The minimum atomic E-state index is -0.336. The van der Waals surface area contributed by atoms with E-state index in [4.69, 9.17) is 0 Å². The molecule has 0 aromatic heterocycles. The Balaban J connectivity index is 1.50. The first-order valence-electron chi connectivity index (χ1n) is 8.18. The molecule has 2 aromatic rings. The number of rotatable bonds is 4. The predicted molar refractivity (Wildman–Crippen MR) is 93.8 cm³/mol. The van der Waals surface area contributed by atoms with Gasteiger partial charge < -0.3 is 15.5 Å². The second kappa shape index (κ2) is 7.64. The average Bonchev–Trinajstić information content (AvgIpc) is 2.64. The van der Waals surface area contributed by atoms with Gasteiger partial charge in [-0.1, -0.05) is 48.5 Å². The summed E-state index contributed by atoms with van der Waals surface area (Å²) < 4.78 is 0. The van der Waals surface area contributed by atoms with Crippen molar-refractivity contribution in [3.8, 4) is 0 Å². The lowest BCUT2D eigenvalue weighted by molar-refractivity contribution is -0.117. The Kier molecular flexibility index (Phi) is 5.11. The molecule has 2 N–H and O–H groups in total. The van der Waals surface area contributed by atoms with Crippen LogP contribution in [0.4, 0.5) is 10.5 Å². The zero-order valence-electron chi connectivity index (χ0n) is 13.5. The standard InChI is InChI=1S/C19H21N3O2/c23-18(22-12-6-10-16-9-4-5-11-17(16)22)14-21-19(24)20-13-15-7-2-1-3-8-15/h1-5,7-9,11H,6,10,12-14H2,(H2,20,21,24). The molecule has 0 aliphatic carbocycles. The molecule has 0 fully saturated rings. The molecule has 2 aromatic carbocycles. The first kappa shape index (κ1) is 16.1.